The van der Waals surface area contributed by atoms with E-state index in [1.54, 1.807) is 0 Å². The Balaban J connectivity index is 2.40. The molecule has 0 fully saturated rings. The van der Waals surface area contributed by atoms with Crippen molar-refractivity contribution in [3.8, 4) is 0 Å². The summed E-state index contributed by atoms with van der Waals surface area (Å²) in [5.74, 6) is -1.81. The molecule has 9 heteroatoms. The van der Waals surface area contributed by atoms with E-state index in [4.69, 9.17) is 4.74 Å². The topological polar surface area (TPSA) is 84.5 Å². The van der Waals surface area contributed by atoms with Gasteiger partial charge in [-0.15, -0.1) is 0 Å². The van der Waals surface area contributed by atoms with E-state index in [9.17, 15) is 27.6 Å². The van der Waals surface area contributed by atoms with E-state index in [1.807, 2.05) is 20.8 Å². The molecule has 0 aliphatic carbocycles. The number of hydrogen-bond acceptors (Lipinski definition) is 4. The highest BCUT2D eigenvalue weighted by Crippen LogP contribution is 2.29. The maximum atomic E-state index is 12.5. The molecule has 1 aromatic carbocycles. The number of nitrogens with one attached hydrogen (secondary N) is 2. The number of alkyl halides is 3. The van der Waals surface area contributed by atoms with E-state index in [-0.39, 0.29) is 17.5 Å². The first kappa shape index (κ1) is 21.5. The minimum atomic E-state index is -4.49. The lowest BCUT2D eigenvalue weighted by Gasteiger charge is -2.17. The second kappa shape index (κ2) is 9.21. The fourth-order valence-electron chi connectivity index (χ4n) is 1.72. The third-order valence-corrected chi connectivity index (χ3v) is 3.62. The van der Waals surface area contributed by atoms with Gasteiger partial charge in [0.25, 0.3) is 11.8 Å². The van der Waals surface area contributed by atoms with Crippen molar-refractivity contribution in [3.63, 3.8) is 0 Å². The summed E-state index contributed by atoms with van der Waals surface area (Å²) in [6.45, 7) is 4.68. The van der Waals surface area contributed by atoms with Crippen LogP contribution in [0.1, 0.15) is 36.7 Å². The second-order valence-corrected chi connectivity index (χ2v) is 6.02. The Bertz CT molecular complexity index is 642. The SMILES string of the molecule is CC(C)[C@H](C)NC(=O)COC(=O)CNC(=O)c1ccc(C(F)(F)F)cc1. The number of amides is 2. The van der Waals surface area contributed by atoms with Crippen LogP contribution in [-0.2, 0) is 20.5 Å². The minimum absolute atomic E-state index is 0.0331. The van der Waals surface area contributed by atoms with E-state index in [0.717, 1.165) is 24.3 Å². The summed E-state index contributed by atoms with van der Waals surface area (Å²) < 4.78 is 42.1. The molecule has 0 aliphatic heterocycles. The molecule has 2 amide bonds. The summed E-state index contributed by atoms with van der Waals surface area (Å²) in [6, 6.07) is 3.47. The van der Waals surface area contributed by atoms with Crippen LogP contribution in [0.4, 0.5) is 13.2 Å². The molecule has 1 aromatic rings. The number of rotatable bonds is 7. The molecule has 0 radical (unpaired) electrons. The van der Waals surface area contributed by atoms with Gasteiger partial charge in [-0.3, -0.25) is 14.4 Å². The van der Waals surface area contributed by atoms with Crippen LogP contribution in [0.2, 0.25) is 0 Å². The smallest absolute Gasteiger partial charge is 0.416 e. The van der Waals surface area contributed by atoms with Crippen molar-refractivity contribution in [3.05, 3.63) is 35.4 Å². The van der Waals surface area contributed by atoms with Gasteiger partial charge in [-0.2, -0.15) is 13.2 Å². The molecule has 0 aliphatic rings. The van der Waals surface area contributed by atoms with Crippen molar-refractivity contribution in [1.29, 1.82) is 0 Å². The van der Waals surface area contributed by atoms with Crippen LogP contribution in [0.3, 0.4) is 0 Å². The van der Waals surface area contributed by atoms with Crippen LogP contribution in [0, 0.1) is 5.92 Å². The lowest BCUT2D eigenvalue weighted by atomic mass is 10.1. The Morgan fingerprint density at radius 1 is 1.08 bits per heavy atom. The average molecular weight is 374 g/mol. The summed E-state index contributed by atoms with van der Waals surface area (Å²) in [4.78, 5) is 34.9. The second-order valence-electron chi connectivity index (χ2n) is 6.02. The largest absolute Gasteiger partial charge is 0.454 e. The van der Waals surface area contributed by atoms with Gasteiger partial charge in [-0.25, -0.2) is 0 Å². The number of benzene rings is 1. The number of esters is 1. The predicted molar refractivity (Wildman–Crippen MR) is 87.2 cm³/mol. The lowest BCUT2D eigenvalue weighted by Crippen LogP contribution is -2.39. The first-order chi connectivity index (χ1) is 12.0. The average Bonchev–Trinajstić information content (AvgIpc) is 2.57. The fraction of sp³-hybridized carbons (Fsp3) is 0.471. The first-order valence-electron chi connectivity index (χ1n) is 7.91. The highest BCUT2D eigenvalue weighted by molar-refractivity contribution is 5.96. The summed E-state index contributed by atoms with van der Waals surface area (Å²) in [7, 11) is 0. The number of carbonyl (C=O) groups is 3. The molecule has 6 nitrogen and oxygen atoms in total. The van der Waals surface area contributed by atoms with Gasteiger partial charge >= 0.3 is 12.1 Å². The molecule has 26 heavy (non-hydrogen) atoms. The highest BCUT2D eigenvalue weighted by Gasteiger charge is 2.30. The van der Waals surface area contributed by atoms with Gasteiger partial charge in [0, 0.05) is 11.6 Å². The van der Waals surface area contributed by atoms with Gasteiger partial charge in [0.2, 0.25) is 0 Å². The van der Waals surface area contributed by atoms with Gasteiger partial charge in [-0.05, 0) is 37.1 Å². The summed E-state index contributed by atoms with van der Waals surface area (Å²) in [6.07, 6.45) is -4.49. The van der Waals surface area contributed by atoms with E-state index >= 15 is 0 Å². The normalized spacial score (nSPS) is 12.4. The molecule has 0 aromatic heterocycles. The van der Waals surface area contributed by atoms with Crippen molar-refractivity contribution in [2.45, 2.75) is 33.0 Å². The zero-order chi connectivity index (χ0) is 19.9. The summed E-state index contributed by atoms with van der Waals surface area (Å²) >= 11 is 0. The number of carbonyl (C=O) groups excluding carboxylic acids is 3. The molecule has 0 saturated carbocycles. The first-order valence-corrected chi connectivity index (χ1v) is 7.91. The standard InChI is InChI=1S/C17H21F3N2O4/c1-10(2)11(3)22-14(23)9-26-15(24)8-21-16(25)12-4-6-13(7-5-12)17(18,19)20/h4-7,10-11H,8-9H2,1-3H3,(H,21,25)(H,22,23)/t11-/m0/s1. The van der Waals surface area contributed by atoms with Gasteiger partial charge in [0.05, 0.1) is 5.56 Å². The number of ether oxygens (including phenoxy) is 1. The third-order valence-electron chi connectivity index (χ3n) is 3.62. The Kier molecular flexibility index (Phi) is 7.60. The van der Waals surface area contributed by atoms with Crippen LogP contribution in [-0.4, -0.2) is 37.0 Å². The van der Waals surface area contributed by atoms with Crippen LogP contribution in [0.15, 0.2) is 24.3 Å². The van der Waals surface area contributed by atoms with Crippen molar-refractivity contribution in [2.75, 3.05) is 13.2 Å². The quantitative estimate of drug-likeness (QED) is 0.716. The van der Waals surface area contributed by atoms with E-state index in [2.05, 4.69) is 10.6 Å². The Hall–Kier alpha value is -2.58. The lowest BCUT2D eigenvalue weighted by molar-refractivity contribution is -0.147. The zero-order valence-electron chi connectivity index (χ0n) is 14.6. The van der Waals surface area contributed by atoms with Crippen molar-refractivity contribution in [1.82, 2.24) is 10.6 Å². The Labute approximate surface area is 149 Å². The molecule has 0 heterocycles. The van der Waals surface area contributed by atoms with E-state index in [1.165, 1.54) is 0 Å². The summed E-state index contributed by atoms with van der Waals surface area (Å²) in [5, 5.41) is 4.86. The molecule has 1 atom stereocenters. The van der Waals surface area contributed by atoms with Gasteiger partial charge in [0.1, 0.15) is 6.54 Å². The van der Waals surface area contributed by atoms with Gasteiger partial charge < -0.3 is 15.4 Å². The number of halogens is 3. The molecular weight excluding hydrogens is 353 g/mol. The fourth-order valence-corrected chi connectivity index (χ4v) is 1.72. The van der Waals surface area contributed by atoms with Crippen LogP contribution in [0.5, 0.6) is 0 Å². The Morgan fingerprint density at radius 2 is 1.65 bits per heavy atom. The van der Waals surface area contributed by atoms with Crippen LogP contribution < -0.4 is 10.6 Å². The maximum Gasteiger partial charge on any atom is 0.416 e. The number of hydrogen-bond donors (Lipinski definition) is 2. The Morgan fingerprint density at radius 3 is 2.15 bits per heavy atom. The molecule has 0 unspecified atom stereocenters. The van der Waals surface area contributed by atoms with Crippen molar-refractivity contribution in [2.24, 2.45) is 5.92 Å². The van der Waals surface area contributed by atoms with E-state index in [0.29, 0.717) is 0 Å². The monoisotopic (exact) mass is 374 g/mol. The maximum absolute atomic E-state index is 12.5. The van der Waals surface area contributed by atoms with Gasteiger partial charge in [-0.1, -0.05) is 13.8 Å². The molecule has 2 N–H and O–H groups in total. The molecule has 0 bridgehead atoms. The van der Waals surface area contributed by atoms with Gasteiger partial charge in [0.15, 0.2) is 6.61 Å². The van der Waals surface area contributed by atoms with Crippen molar-refractivity contribution < 1.29 is 32.3 Å². The van der Waals surface area contributed by atoms with E-state index < -0.39 is 42.7 Å². The molecule has 144 valence electrons. The van der Waals surface area contributed by atoms with Crippen LogP contribution in [0.25, 0.3) is 0 Å². The highest BCUT2D eigenvalue weighted by atomic mass is 19.4. The summed E-state index contributed by atoms with van der Waals surface area (Å²) in [5.41, 5.74) is -0.913. The zero-order valence-corrected chi connectivity index (χ0v) is 14.6. The third kappa shape index (κ3) is 7.12. The predicted octanol–water partition coefficient (Wildman–Crippen LogP) is 2.14. The molecule has 1 rings (SSSR count). The molecule has 0 saturated heterocycles. The molecule has 0 spiro atoms. The van der Waals surface area contributed by atoms with Crippen LogP contribution >= 0.6 is 0 Å². The minimum Gasteiger partial charge on any atom is -0.454 e. The van der Waals surface area contributed by atoms with Crippen molar-refractivity contribution >= 4 is 17.8 Å². The molecular formula is C17H21F3N2O4.